The van der Waals surface area contributed by atoms with E-state index in [0.717, 1.165) is 17.1 Å². The van der Waals surface area contributed by atoms with Gasteiger partial charge in [-0.2, -0.15) is 5.10 Å². The predicted molar refractivity (Wildman–Crippen MR) is 60.5 cm³/mol. The minimum Gasteiger partial charge on any atom is -0.353 e. The first kappa shape index (κ1) is 9.98. The lowest BCUT2D eigenvalue weighted by atomic mass is 10.3. The van der Waals surface area contributed by atoms with Gasteiger partial charge in [0, 0.05) is 25.1 Å². The quantitative estimate of drug-likeness (QED) is 0.794. The first-order valence-electron chi connectivity index (χ1n) is 4.54. The van der Waals surface area contributed by atoms with Crippen molar-refractivity contribution >= 4 is 23.0 Å². The maximum absolute atomic E-state index is 5.78. The van der Waals surface area contributed by atoms with E-state index in [4.69, 9.17) is 11.6 Å². The van der Waals surface area contributed by atoms with Crippen molar-refractivity contribution < 1.29 is 0 Å². The molecule has 0 aliphatic rings. The molecular formula is C10H11ClN4. The Morgan fingerprint density at radius 1 is 1.47 bits per heavy atom. The number of hydrogen-bond acceptors (Lipinski definition) is 3. The summed E-state index contributed by atoms with van der Waals surface area (Å²) in [6, 6.07) is 3.63. The average Bonchev–Trinajstić information content (AvgIpc) is 2.45. The summed E-state index contributed by atoms with van der Waals surface area (Å²) in [4.78, 5) is 3.91. The first-order chi connectivity index (χ1) is 7.15. The number of pyridine rings is 1. The van der Waals surface area contributed by atoms with Crippen molar-refractivity contribution in [2.24, 2.45) is 7.05 Å². The zero-order chi connectivity index (χ0) is 10.8. The van der Waals surface area contributed by atoms with Gasteiger partial charge >= 0.3 is 0 Å². The van der Waals surface area contributed by atoms with Crippen LogP contribution >= 0.6 is 11.6 Å². The van der Waals surface area contributed by atoms with E-state index in [-0.39, 0.29) is 0 Å². The molecule has 0 saturated carbocycles. The first-order valence-corrected chi connectivity index (χ1v) is 4.92. The van der Waals surface area contributed by atoms with Crippen molar-refractivity contribution in [2.45, 2.75) is 6.92 Å². The molecule has 4 nitrogen and oxygen atoms in total. The molecule has 0 unspecified atom stereocenters. The van der Waals surface area contributed by atoms with Crippen molar-refractivity contribution in [3.05, 3.63) is 35.4 Å². The van der Waals surface area contributed by atoms with E-state index in [2.05, 4.69) is 15.4 Å². The second-order valence-corrected chi connectivity index (χ2v) is 3.68. The molecule has 0 fully saturated rings. The third-order valence-corrected chi connectivity index (χ3v) is 2.23. The van der Waals surface area contributed by atoms with Gasteiger partial charge in [0.2, 0.25) is 0 Å². The van der Waals surface area contributed by atoms with Gasteiger partial charge in [-0.3, -0.25) is 4.68 Å². The number of hydrogen-bond donors (Lipinski definition) is 1. The highest BCUT2D eigenvalue weighted by atomic mass is 35.5. The number of nitrogens with zero attached hydrogens (tertiary/aromatic N) is 3. The lowest BCUT2D eigenvalue weighted by molar-refractivity contribution is 0.756. The highest BCUT2D eigenvalue weighted by Crippen LogP contribution is 2.20. The molecule has 78 valence electrons. The fourth-order valence-electron chi connectivity index (χ4n) is 1.36. The average molecular weight is 223 g/mol. The normalized spacial score (nSPS) is 10.3. The summed E-state index contributed by atoms with van der Waals surface area (Å²) in [6.45, 7) is 1.95. The minimum atomic E-state index is 0.474. The number of anilines is 2. The molecule has 0 saturated heterocycles. The Kier molecular flexibility index (Phi) is 2.60. The summed E-state index contributed by atoms with van der Waals surface area (Å²) < 4.78 is 1.76. The third-order valence-electron chi connectivity index (χ3n) is 2.02. The zero-order valence-electron chi connectivity index (χ0n) is 8.53. The van der Waals surface area contributed by atoms with Gasteiger partial charge in [0.25, 0.3) is 0 Å². The van der Waals surface area contributed by atoms with Crippen molar-refractivity contribution in [1.29, 1.82) is 0 Å². The lowest BCUT2D eigenvalue weighted by Gasteiger charge is -2.03. The van der Waals surface area contributed by atoms with Crippen LogP contribution < -0.4 is 5.32 Å². The molecule has 2 heterocycles. The Bertz CT molecular complexity index is 478. The van der Waals surface area contributed by atoms with Crippen LogP contribution in [0.5, 0.6) is 0 Å². The van der Waals surface area contributed by atoms with Crippen LogP contribution in [0.3, 0.4) is 0 Å². The second kappa shape index (κ2) is 3.90. The Morgan fingerprint density at radius 2 is 2.27 bits per heavy atom. The van der Waals surface area contributed by atoms with E-state index < -0.39 is 0 Å². The van der Waals surface area contributed by atoms with Crippen LogP contribution in [-0.4, -0.2) is 14.8 Å². The Balaban J connectivity index is 2.25. The van der Waals surface area contributed by atoms with Gasteiger partial charge in [-0.05, 0) is 19.1 Å². The summed E-state index contributed by atoms with van der Waals surface area (Å²) in [5.41, 5.74) is 2.83. The molecule has 0 bridgehead atoms. The number of nitrogens with one attached hydrogen (secondary N) is 1. The molecule has 0 spiro atoms. The molecule has 1 N–H and O–H groups in total. The van der Waals surface area contributed by atoms with E-state index in [1.165, 1.54) is 0 Å². The van der Waals surface area contributed by atoms with Gasteiger partial charge in [0.1, 0.15) is 5.15 Å². The van der Waals surface area contributed by atoms with Gasteiger partial charge in [0.15, 0.2) is 0 Å². The monoisotopic (exact) mass is 222 g/mol. The molecule has 0 atom stereocenters. The molecule has 2 aromatic rings. The maximum atomic E-state index is 5.78. The minimum absolute atomic E-state index is 0.474. The Morgan fingerprint density at radius 3 is 2.87 bits per heavy atom. The van der Waals surface area contributed by atoms with Crippen molar-refractivity contribution in [2.75, 3.05) is 5.32 Å². The van der Waals surface area contributed by atoms with Gasteiger partial charge < -0.3 is 5.32 Å². The van der Waals surface area contributed by atoms with Gasteiger partial charge in [-0.25, -0.2) is 4.98 Å². The van der Waals surface area contributed by atoms with Crippen LogP contribution in [0.25, 0.3) is 0 Å². The standard InChI is InChI=1S/C10H11ClN4/c1-7-9(6-15(2)14-7)13-8-3-4-12-10(11)5-8/h3-6H,1-2H3,(H,12,13). The summed E-state index contributed by atoms with van der Waals surface area (Å²) in [5, 5.41) is 7.93. The zero-order valence-corrected chi connectivity index (χ0v) is 9.28. The van der Waals surface area contributed by atoms with Crippen LogP contribution in [0.15, 0.2) is 24.5 Å². The summed E-state index contributed by atoms with van der Waals surface area (Å²) >= 11 is 5.78. The van der Waals surface area contributed by atoms with E-state index in [9.17, 15) is 0 Å². The summed E-state index contributed by atoms with van der Waals surface area (Å²) in [5.74, 6) is 0. The number of rotatable bonds is 2. The van der Waals surface area contributed by atoms with Crippen LogP contribution in [-0.2, 0) is 7.05 Å². The van der Waals surface area contributed by atoms with E-state index in [0.29, 0.717) is 5.15 Å². The fourth-order valence-corrected chi connectivity index (χ4v) is 1.53. The maximum Gasteiger partial charge on any atom is 0.131 e. The number of aromatic nitrogens is 3. The number of halogens is 1. The van der Waals surface area contributed by atoms with E-state index >= 15 is 0 Å². The third kappa shape index (κ3) is 2.27. The van der Waals surface area contributed by atoms with Crippen LogP contribution in [0.4, 0.5) is 11.4 Å². The molecule has 15 heavy (non-hydrogen) atoms. The summed E-state index contributed by atoms with van der Waals surface area (Å²) in [7, 11) is 1.89. The topological polar surface area (TPSA) is 42.7 Å². The van der Waals surface area contributed by atoms with Crippen molar-refractivity contribution in [3.8, 4) is 0 Å². The van der Waals surface area contributed by atoms with Crippen LogP contribution in [0.1, 0.15) is 5.69 Å². The Hall–Kier alpha value is -1.55. The van der Waals surface area contributed by atoms with Crippen molar-refractivity contribution in [1.82, 2.24) is 14.8 Å². The molecule has 0 amide bonds. The smallest absolute Gasteiger partial charge is 0.131 e. The predicted octanol–water partition coefficient (Wildman–Crippen LogP) is 2.52. The molecule has 0 aromatic carbocycles. The summed E-state index contributed by atoms with van der Waals surface area (Å²) in [6.07, 6.45) is 3.58. The fraction of sp³-hybridized carbons (Fsp3) is 0.200. The molecule has 0 aliphatic carbocycles. The lowest BCUT2D eigenvalue weighted by Crippen LogP contribution is -1.90. The number of aryl methyl sites for hydroxylation is 2. The largest absolute Gasteiger partial charge is 0.353 e. The molecule has 0 aliphatic heterocycles. The SMILES string of the molecule is Cc1nn(C)cc1Nc1ccnc(Cl)c1. The molecule has 2 rings (SSSR count). The van der Waals surface area contributed by atoms with Gasteiger partial charge in [0.05, 0.1) is 11.4 Å². The van der Waals surface area contributed by atoms with Crippen LogP contribution in [0, 0.1) is 6.92 Å². The highest BCUT2D eigenvalue weighted by molar-refractivity contribution is 6.29. The second-order valence-electron chi connectivity index (χ2n) is 3.29. The Labute approximate surface area is 92.9 Å². The van der Waals surface area contributed by atoms with E-state index in [1.54, 1.807) is 16.9 Å². The van der Waals surface area contributed by atoms with Gasteiger partial charge in [-0.15, -0.1) is 0 Å². The highest BCUT2D eigenvalue weighted by Gasteiger charge is 2.03. The van der Waals surface area contributed by atoms with Crippen molar-refractivity contribution in [3.63, 3.8) is 0 Å². The van der Waals surface area contributed by atoms with Gasteiger partial charge in [-0.1, -0.05) is 11.6 Å². The van der Waals surface area contributed by atoms with E-state index in [1.807, 2.05) is 26.2 Å². The molecular weight excluding hydrogens is 212 g/mol. The molecule has 2 aromatic heterocycles. The molecule has 0 radical (unpaired) electrons. The van der Waals surface area contributed by atoms with Crippen LogP contribution in [0.2, 0.25) is 5.15 Å². The molecule has 5 heteroatoms.